The second kappa shape index (κ2) is 6.75. The van der Waals surface area contributed by atoms with Crippen molar-refractivity contribution in [3.05, 3.63) is 0 Å². The van der Waals surface area contributed by atoms with Gasteiger partial charge >= 0.3 is 0 Å². The van der Waals surface area contributed by atoms with Crippen LogP contribution in [0.2, 0.25) is 0 Å². The molecule has 1 rings (SSSR count). The lowest BCUT2D eigenvalue weighted by Crippen LogP contribution is -2.16. The zero-order chi connectivity index (χ0) is 7.82. The van der Waals surface area contributed by atoms with Crippen molar-refractivity contribution in [3.8, 4) is 0 Å². The summed E-state index contributed by atoms with van der Waals surface area (Å²) < 4.78 is 0. The molecule has 0 radical (unpaired) electrons. The molecule has 0 bridgehead atoms. The van der Waals surface area contributed by atoms with E-state index in [0.29, 0.717) is 0 Å². The van der Waals surface area contributed by atoms with Crippen molar-refractivity contribution in [1.29, 1.82) is 5.41 Å². The van der Waals surface area contributed by atoms with Crippen LogP contribution in [0.1, 0.15) is 32.1 Å². The van der Waals surface area contributed by atoms with Gasteiger partial charge in [-0.05, 0) is 32.0 Å². The summed E-state index contributed by atoms with van der Waals surface area (Å²) in [4.78, 5) is 0. The van der Waals surface area contributed by atoms with Gasteiger partial charge < -0.3 is 11.1 Å². The predicted molar refractivity (Wildman–Crippen MR) is 45.5 cm³/mol. The molecule has 0 saturated heterocycles. The van der Waals surface area contributed by atoms with E-state index in [-0.39, 0.29) is 0 Å². The van der Waals surface area contributed by atoms with E-state index in [1.54, 1.807) is 0 Å². The summed E-state index contributed by atoms with van der Waals surface area (Å²) in [7, 11) is 0. The normalized spacial score (nSPS) is 19.3. The molecular formula is C8H18N2. The van der Waals surface area contributed by atoms with Crippen LogP contribution >= 0.6 is 0 Å². The highest BCUT2D eigenvalue weighted by Gasteiger charge is 2.09. The molecule has 0 spiro atoms. The smallest absolute Gasteiger partial charge is 0.00489 e. The first-order chi connectivity index (χ1) is 4.93. The third-order valence-corrected chi connectivity index (χ3v) is 2.06. The van der Waals surface area contributed by atoms with Gasteiger partial charge in [-0.3, -0.25) is 0 Å². The summed E-state index contributed by atoms with van der Waals surface area (Å²) in [5.74, 6) is 0.865. The number of nitrogens with two attached hydrogens (primary N) is 1. The lowest BCUT2D eigenvalue weighted by Gasteiger charge is -2.18. The maximum Gasteiger partial charge on any atom is -0.00489 e. The van der Waals surface area contributed by atoms with Crippen LogP contribution in [0.5, 0.6) is 0 Å². The number of nitrogens with one attached hydrogen (secondary N) is 1. The van der Waals surface area contributed by atoms with Crippen LogP contribution in [-0.4, -0.2) is 13.3 Å². The lowest BCUT2D eigenvalue weighted by molar-refractivity contribution is 0.366. The molecule has 60 valence electrons. The molecule has 1 saturated carbocycles. The third kappa shape index (κ3) is 3.62. The van der Waals surface area contributed by atoms with Gasteiger partial charge in [0.15, 0.2) is 0 Å². The van der Waals surface area contributed by atoms with Gasteiger partial charge in [0.2, 0.25) is 0 Å². The molecule has 0 aromatic heterocycles. The minimum absolute atomic E-state index is 0.865. The Kier molecular flexibility index (Phi) is 6.50. The van der Waals surface area contributed by atoms with E-state index in [4.69, 9.17) is 11.1 Å². The molecule has 0 atom stereocenters. The van der Waals surface area contributed by atoms with Gasteiger partial charge in [-0.2, -0.15) is 0 Å². The van der Waals surface area contributed by atoms with Crippen molar-refractivity contribution in [2.24, 2.45) is 11.7 Å². The highest BCUT2D eigenvalue weighted by atomic mass is 14.5. The van der Waals surface area contributed by atoms with E-state index in [1.165, 1.54) is 32.1 Å². The largest absolute Gasteiger partial charge is 0.330 e. The molecule has 1 aliphatic carbocycles. The SMILES string of the molecule is C=N.NCC1CCCCC1. The quantitative estimate of drug-likeness (QED) is 0.539. The van der Waals surface area contributed by atoms with E-state index in [0.717, 1.165) is 12.5 Å². The van der Waals surface area contributed by atoms with Crippen LogP contribution in [0.3, 0.4) is 0 Å². The topological polar surface area (TPSA) is 49.9 Å². The van der Waals surface area contributed by atoms with Gasteiger partial charge in [0.1, 0.15) is 0 Å². The zero-order valence-electron chi connectivity index (χ0n) is 6.60. The summed E-state index contributed by atoms with van der Waals surface area (Å²) in [6, 6.07) is 0. The maximum absolute atomic E-state index is 5.50. The van der Waals surface area contributed by atoms with Crippen LogP contribution in [0.25, 0.3) is 0 Å². The van der Waals surface area contributed by atoms with Crippen molar-refractivity contribution in [1.82, 2.24) is 0 Å². The van der Waals surface area contributed by atoms with E-state index in [9.17, 15) is 0 Å². The summed E-state index contributed by atoms with van der Waals surface area (Å²) in [6.07, 6.45) is 7.05. The first-order valence-corrected chi connectivity index (χ1v) is 3.99. The molecule has 0 amide bonds. The molecule has 0 aromatic carbocycles. The molecule has 0 heterocycles. The van der Waals surface area contributed by atoms with Crippen molar-refractivity contribution in [2.75, 3.05) is 6.54 Å². The predicted octanol–water partition coefficient (Wildman–Crippen LogP) is 1.79. The van der Waals surface area contributed by atoms with Crippen molar-refractivity contribution in [3.63, 3.8) is 0 Å². The highest BCUT2D eigenvalue weighted by Crippen LogP contribution is 2.21. The fourth-order valence-electron chi connectivity index (χ4n) is 1.42. The Bertz CT molecular complexity index is 67.7. The van der Waals surface area contributed by atoms with E-state index < -0.39 is 0 Å². The minimum atomic E-state index is 0.865. The minimum Gasteiger partial charge on any atom is -0.330 e. The molecule has 2 heteroatoms. The Balaban J connectivity index is 0.000000371. The number of hydrogen-bond acceptors (Lipinski definition) is 2. The number of hydrogen-bond donors (Lipinski definition) is 2. The van der Waals surface area contributed by atoms with Gasteiger partial charge in [0, 0.05) is 0 Å². The average molecular weight is 142 g/mol. The monoisotopic (exact) mass is 142 g/mol. The van der Waals surface area contributed by atoms with Gasteiger partial charge in [-0.15, -0.1) is 0 Å². The molecule has 1 aliphatic rings. The van der Waals surface area contributed by atoms with Crippen LogP contribution in [0.15, 0.2) is 0 Å². The Hall–Kier alpha value is -0.370. The van der Waals surface area contributed by atoms with Crippen LogP contribution in [0, 0.1) is 11.3 Å². The Labute approximate surface area is 63.3 Å². The Morgan fingerprint density at radius 2 is 1.70 bits per heavy atom. The molecule has 10 heavy (non-hydrogen) atoms. The first kappa shape index (κ1) is 9.63. The van der Waals surface area contributed by atoms with Gasteiger partial charge in [-0.25, -0.2) is 0 Å². The Morgan fingerprint density at radius 3 is 2.00 bits per heavy atom. The van der Waals surface area contributed by atoms with E-state index >= 15 is 0 Å². The van der Waals surface area contributed by atoms with Crippen molar-refractivity contribution >= 4 is 6.72 Å². The van der Waals surface area contributed by atoms with E-state index in [2.05, 4.69) is 6.72 Å². The van der Waals surface area contributed by atoms with Crippen LogP contribution in [-0.2, 0) is 0 Å². The zero-order valence-corrected chi connectivity index (χ0v) is 6.60. The van der Waals surface area contributed by atoms with Gasteiger partial charge in [-0.1, -0.05) is 19.3 Å². The Morgan fingerprint density at radius 1 is 1.20 bits per heavy atom. The second-order valence-corrected chi connectivity index (χ2v) is 2.74. The maximum atomic E-state index is 5.50. The van der Waals surface area contributed by atoms with Gasteiger partial charge in [0.05, 0.1) is 0 Å². The molecule has 2 nitrogen and oxygen atoms in total. The fourth-order valence-corrected chi connectivity index (χ4v) is 1.42. The molecular weight excluding hydrogens is 124 g/mol. The molecule has 0 aliphatic heterocycles. The molecule has 0 aromatic rings. The summed E-state index contributed by atoms with van der Waals surface area (Å²) in [5, 5.41) is 5.50. The van der Waals surface area contributed by atoms with Crippen molar-refractivity contribution < 1.29 is 0 Å². The third-order valence-electron chi connectivity index (χ3n) is 2.06. The second-order valence-electron chi connectivity index (χ2n) is 2.74. The molecule has 1 fully saturated rings. The van der Waals surface area contributed by atoms with Crippen LogP contribution < -0.4 is 5.73 Å². The summed E-state index contributed by atoms with van der Waals surface area (Å²) in [6.45, 7) is 3.42. The highest BCUT2D eigenvalue weighted by molar-refractivity contribution is 5.15. The van der Waals surface area contributed by atoms with Crippen molar-refractivity contribution in [2.45, 2.75) is 32.1 Å². The van der Waals surface area contributed by atoms with E-state index in [1.807, 2.05) is 0 Å². The van der Waals surface area contributed by atoms with Crippen LogP contribution in [0.4, 0.5) is 0 Å². The lowest BCUT2D eigenvalue weighted by atomic mass is 9.90. The molecule has 0 unspecified atom stereocenters. The van der Waals surface area contributed by atoms with Gasteiger partial charge in [0.25, 0.3) is 0 Å². The summed E-state index contributed by atoms with van der Waals surface area (Å²) in [5.41, 5.74) is 5.50. The number of rotatable bonds is 1. The fraction of sp³-hybridized carbons (Fsp3) is 0.875. The molecule has 3 N–H and O–H groups in total. The summed E-state index contributed by atoms with van der Waals surface area (Å²) >= 11 is 0. The standard InChI is InChI=1S/C7H15N.CH3N/c8-6-7-4-2-1-3-5-7;1-2/h7H,1-6,8H2;2H,1H2. The first-order valence-electron chi connectivity index (χ1n) is 3.99. The average Bonchev–Trinajstić information content (AvgIpc) is 2.10.